The van der Waals surface area contributed by atoms with E-state index < -0.39 is 23.7 Å². The van der Waals surface area contributed by atoms with Crippen molar-refractivity contribution in [2.75, 3.05) is 0 Å². The molecule has 2 atom stereocenters. The molecule has 2 aromatic carbocycles. The van der Waals surface area contributed by atoms with Crippen molar-refractivity contribution in [2.24, 2.45) is 0 Å². The minimum Gasteiger partial charge on any atom is -0.484 e. The van der Waals surface area contributed by atoms with E-state index in [9.17, 15) is 14.9 Å². The number of carbonyl (C=O) groups excluding carboxylic acids is 1. The summed E-state index contributed by atoms with van der Waals surface area (Å²) in [5, 5.41) is 9.44. The Hall–Kier alpha value is -3.89. The maximum Gasteiger partial charge on any atom is 0.303 e. The van der Waals surface area contributed by atoms with Crippen molar-refractivity contribution in [3.05, 3.63) is 99.5 Å². The Morgan fingerprint density at radius 3 is 2.53 bits per heavy atom. The molecule has 1 aromatic heterocycles. The van der Waals surface area contributed by atoms with Gasteiger partial charge in [-0.05, 0) is 49.2 Å². The quantitative estimate of drug-likeness (QED) is 0.516. The predicted octanol–water partition coefficient (Wildman–Crippen LogP) is 4.13. The predicted molar refractivity (Wildman–Crippen MR) is 125 cm³/mol. The fourth-order valence-corrected chi connectivity index (χ4v) is 4.22. The highest BCUT2D eigenvalue weighted by atomic mass is 16.6. The van der Waals surface area contributed by atoms with Crippen LogP contribution < -0.4 is 10.3 Å². The summed E-state index contributed by atoms with van der Waals surface area (Å²) >= 11 is 0. The summed E-state index contributed by atoms with van der Waals surface area (Å²) in [6.07, 6.45) is 0.920. The normalized spacial score (nSPS) is 18.3. The van der Waals surface area contributed by atoms with E-state index in [1.165, 1.54) is 13.0 Å². The molecule has 0 spiro atoms. The first-order chi connectivity index (χ1) is 16.3. The van der Waals surface area contributed by atoms with E-state index in [4.69, 9.17) is 14.2 Å². The number of esters is 1. The summed E-state index contributed by atoms with van der Waals surface area (Å²) < 4.78 is 19.2. The van der Waals surface area contributed by atoms with E-state index in [-0.39, 0.29) is 5.56 Å². The molecule has 2 heterocycles. The lowest BCUT2D eigenvalue weighted by molar-refractivity contribution is -0.163. The Morgan fingerprint density at radius 1 is 1.09 bits per heavy atom. The topological polar surface area (TPSA) is 90.5 Å². The number of pyridine rings is 1. The maximum atomic E-state index is 13.0. The molecule has 0 amide bonds. The molecular weight excluding hydrogens is 432 g/mol. The van der Waals surface area contributed by atoms with E-state index in [1.54, 1.807) is 35.0 Å². The summed E-state index contributed by atoms with van der Waals surface area (Å²) in [6.45, 7) is 5.68. The first kappa shape index (κ1) is 23.3. The molecule has 7 nitrogen and oxygen atoms in total. The molecule has 0 N–H and O–H groups in total. The van der Waals surface area contributed by atoms with Crippen LogP contribution in [0.4, 0.5) is 0 Å². The van der Waals surface area contributed by atoms with Crippen LogP contribution in [0.15, 0.2) is 71.7 Å². The van der Waals surface area contributed by atoms with E-state index in [1.807, 2.05) is 44.2 Å². The number of ether oxygens (including phenoxy) is 3. The molecule has 0 saturated heterocycles. The van der Waals surface area contributed by atoms with Gasteiger partial charge in [-0.3, -0.25) is 9.59 Å². The number of rotatable bonds is 6. The zero-order valence-corrected chi connectivity index (χ0v) is 19.4. The number of aromatic nitrogens is 1. The Morgan fingerprint density at radius 2 is 1.82 bits per heavy atom. The SMILES string of the molecule is CC(=O)OC1C(n2cc(COCc3ccccc3)ccc2=O)c2cc(C#N)ccc2OC1(C)C. The van der Waals surface area contributed by atoms with E-state index in [2.05, 4.69) is 6.07 Å². The van der Waals surface area contributed by atoms with Gasteiger partial charge < -0.3 is 18.8 Å². The van der Waals surface area contributed by atoms with Gasteiger partial charge in [-0.25, -0.2) is 0 Å². The monoisotopic (exact) mass is 458 g/mol. The summed E-state index contributed by atoms with van der Waals surface area (Å²) in [5.41, 5.74) is 1.68. The smallest absolute Gasteiger partial charge is 0.303 e. The van der Waals surface area contributed by atoms with Gasteiger partial charge in [0.1, 0.15) is 17.4 Å². The van der Waals surface area contributed by atoms with E-state index in [0.29, 0.717) is 30.1 Å². The summed E-state index contributed by atoms with van der Waals surface area (Å²) in [4.78, 5) is 25.1. The van der Waals surface area contributed by atoms with Gasteiger partial charge in [0.25, 0.3) is 5.56 Å². The number of hydrogen-bond acceptors (Lipinski definition) is 6. The number of nitriles is 1. The van der Waals surface area contributed by atoms with Crippen molar-refractivity contribution in [1.82, 2.24) is 4.57 Å². The third-order valence-electron chi connectivity index (χ3n) is 5.77. The Labute approximate surface area is 198 Å². The number of carbonyl (C=O) groups is 1. The lowest BCUT2D eigenvalue weighted by Gasteiger charge is -2.44. The number of hydrogen-bond donors (Lipinski definition) is 0. The highest BCUT2D eigenvalue weighted by molar-refractivity contribution is 5.66. The standard InChI is InChI=1S/C27H26N2O5/c1-18(30)33-26-25(22-13-20(14-28)9-11-23(22)34-27(26,2)3)29-15-21(10-12-24(29)31)17-32-16-19-7-5-4-6-8-19/h4-13,15,25-26H,16-17H2,1-3H3. The van der Waals surface area contributed by atoms with Gasteiger partial charge >= 0.3 is 5.97 Å². The fourth-order valence-electron chi connectivity index (χ4n) is 4.22. The average molecular weight is 459 g/mol. The number of benzene rings is 2. The van der Waals surface area contributed by atoms with Crippen molar-refractivity contribution >= 4 is 5.97 Å². The Kier molecular flexibility index (Phi) is 6.53. The molecule has 4 rings (SSSR count). The second-order valence-corrected chi connectivity index (χ2v) is 8.81. The van der Waals surface area contributed by atoms with Crippen LogP contribution >= 0.6 is 0 Å². The van der Waals surface area contributed by atoms with Crippen LogP contribution in [0, 0.1) is 11.3 Å². The minimum atomic E-state index is -0.920. The Balaban J connectivity index is 1.73. The fraction of sp³-hybridized carbons (Fsp3) is 0.296. The minimum absolute atomic E-state index is 0.264. The molecule has 3 aromatic rings. The highest BCUT2D eigenvalue weighted by Crippen LogP contribution is 2.43. The molecule has 34 heavy (non-hydrogen) atoms. The Bertz CT molecular complexity index is 1290. The van der Waals surface area contributed by atoms with Crippen LogP contribution in [0.1, 0.15) is 49.1 Å². The van der Waals surface area contributed by atoms with Crippen LogP contribution in [0.5, 0.6) is 5.75 Å². The van der Waals surface area contributed by atoms with Crippen molar-refractivity contribution in [3.63, 3.8) is 0 Å². The largest absolute Gasteiger partial charge is 0.484 e. The second-order valence-electron chi connectivity index (χ2n) is 8.81. The molecule has 0 bridgehead atoms. The van der Waals surface area contributed by atoms with Crippen molar-refractivity contribution in [1.29, 1.82) is 5.26 Å². The van der Waals surface area contributed by atoms with Gasteiger partial charge in [0.15, 0.2) is 6.10 Å². The molecule has 2 unspecified atom stereocenters. The first-order valence-electron chi connectivity index (χ1n) is 11.0. The molecule has 0 fully saturated rings. The molecule has 0 radical (unpaired) electrons. The van der Waals surface area contributed by atoms with Gasteiger partial charge in [-0.1, -0.05) is 30.3 Å². The molecule has 7 heteroatoms. The second kappa shape index (κ2) is 9.54. The first-order valence-corrected chi connectivity index (χ1v) is 11.0. The van der Waals surface area contributed by atoms with Crippen LogP contribution in [0.3, 0.4) is 0 Å². The lowest BCUT2D eigenvalue weighted by atomic mass is 9.85. The van der Waals surface area contributed by atoms with Crippen molar-refractivity contribution in [2.45, 2.75) is 51.7 Å². The molecule has 174 valence electrons. The van der Waals surface area contributed by atoms with Gasteiger partial charge in [-0.15, -0.1) is 0 Å². The molecular formula is C27H26N2O5. The zero-order valence-electron chi connectivity index (χ0n) is 19.4. The maximum absolute atomic E-state index is 13.0. The van der Waals surface area contributed by atoms with Crippen LogP contribution in [0.2, 0.25) is 0 Å². The van der Waals surface area contributed by atoms with Gasteiger partial charge in [0.2, 0.25) is 0 Å². The van der Waals surface area contributed by atoms with E-state index in [0.717, 1.165) is 11.1 Å². The van der Waals surface area contributed by atoms with Gasteiger partial charge in [0, 0.05) is 24.8 Å². The molecule has 0 saturated carbocycles. The van der Waals surface area contributed by atoms with Gasteiger partial charge in [0.05, 0.1) is 24.8 Å². The van der Waals surface area contributed by atoms with Gasteiger partial charge in [-0.2, -0.15) is 5.26 Å². The molecule has 1 aliphatic rings. The van der Waals surface area contributed by atoms with Crippen LogP contribution in [0.25, 0.3) is 0 Å². The summed E-state index contributed by atoms with van der Waals surface area (Å²) in [6, 6.07) is 19.5. The molecule has 0 aliphatic carbocycles. The number of nitrogens with zero attached hydrogens (tertiary/aromatic N) is 2. The average Bonchev–Trinajstić information content (AvgIpc) is 2.81. The third kappa shape index (κ3) is 4.87. The van der Waals surface area contributed by atoms with Crippen molar-refractivity contribution < 1.29 is 19.0 Å². The summed E-state index contributed by atoms with van der Waals surface area (Å²) in [7, 11) is 0. The molecule has 1 aliphatic heterocycles. The van der Waals surface area contributed by atoms with E-state index >= 15 is 0 Å². The summed E-state index contributed by atoms with van der Waals surface area (Å²) in [5.74, 6) is 0.0528. The zero-order chi connectivity index (χ0) is 24.3. The van der Waals surface area contributed by atoms with Crippen molar-refractivity contribution in [3.8, 4) is 11.8 Å². The van der Waals surface area contributed by atoms with Crippen LogP contribution in [-0.4, -0.2) is 22.2 Å². The third-order valence-corrected chi connectivity index (χ3v) is 5.77. The highest BCUT2D eigenvalue weighted by Gasteiger charge is 2.47. The lowest BCUT2D eigenvalue weighted by Crippen LogP contribution is -2.54. The number of fused-ring (bicyclic) bond motifs is 1. The van der Waals surface area contributed by atoms with Crippen LogP contribution in [-0.2, 0) is 27.5 Å².